The fourth-order valence-corrected chi connectivity index (χ4v) is 2.61. The SMILES string of the molecule is CCCNC(=O)c1cccc(CNc2ccc(C#N)cc2Br)c1. The van der Waals surface area contributed by atoms with E-state index in [1.807, 2.05) is 37.3 Å². The van der Waals surface area contributed by atoms with Crippen molar-refractivity contribution in [2.45, 2.75) is 19.9 Å². The quantitative estimate of drug-likeness (QED) is 0.803. The Labute approximate surface area is 144 Å². The highest BCUT2D eigenvalue weighted by Crippen LogP contribution is 2.24. The summed E-state index contributed by atoms with van der Waals surface area (Å²) in [4.78, 5) is 12.0. The van der Waals surface area contributed by atoms with Gasteiger partial charge in [-0.15, -0.1) is 0 Å². The summed E-state index contributed by atoms with van der Waals surface area (Å²) >= 11 is 3.45. The molecule has 2 rings (SSSR count). The number of rotatable bonds is 6. The molecule has 23 heavy (non-hydrogen) atoms. The van der Waals surface area contributed by atoms with Gasteiger partial charge in [-0.05, 0) is 58.2 Å². The first-order valence-corrected chi connectivity index (χ1v) is 8.24. The lowest BCUT2D eigenvalue weighted by Gasteiger charge is -2.10. The van der Waals surface area contributed by atoms with Gasteiger partial charge in [0.15, 0.2) is 0 Å². The molecule has 0 radical (unpaired) electrons. The van der Waals surface area contributed by atoms with Crippen LogP contribution in [-0.2, 0) is 6.54 Å². The van der Waals surface area contributed by atoms with Crippen molar-refractivity contribution in [2.75, 3.05) is 11.9 Å². The number of nitriles is 1. The molecule has 0 spiro atoms. The molecule has 0 unspecified atom stereocenters. The summed E-state index contributed by atoms with van der Waals surface area (Å²) < 4.78 is 0.841. The van der Waals surface area contributed by atoms with E-state index in [2.05, 4.69) is 32.6 Å². The summed E-state index contributed by atoms with van der Waals surface area (Å²) in [5.74, 6) is -0.0479. The normalized spacial score (nSPS) is 9.96. The Hall–Kier alpha value is -2.32. The second-order valence-electron chi connectivity index (χ2n) is 5.12. The predicted molar refractivity (Wildman–Crippen MR) is 95.2 cm³/mol. The minimum atomic E-state index is -0.0479. The van der Waals surface area contributed by atoms with E-state index in [9.17, 15) is 4.79 Å². The third-order valence-corrected chi connectivity index (χ3v) is 3.96. The van der Waals surface area contributed by atoms with Crippen LogP contribution in [0.2, 0.25) is 0 Å². The molecule has 2 aromatic carbocycles. The first-order chi connectivity index (χ1) is 11.1. The van der Waals surface area contributed by atoms with Crippen molar-refractivity contribution in [3.05, 3.63) is 63.6 Å². The van der Waals surface area contributed by atoms with Crippen LogP contribution in [-0.4, -0.2) is 12.5 Å². The Balaban J connectivity index is 2.04. The van der Waals surface area contributed by atoms with E-state index in [1.54, 1.807) is 12.1 Å². The van der Waals surface area contributed by atoms with E-state index in [0.717, 1.165) is 22.1 Å². The number of nitrogens with one attached hydrogen (secondary N) is 2. The maximum absolute atomic E-state index is 12.0. The van der Waals surface area contributed by atoms with Gasteiger partial charge < -0.3 is 10.6 Å². The molecule has 0 aliphatic rings. The molecule has 0 aromatic heterocycles. The average molecular weight is 372 g/mol. The number of anilines is 1. The van der Waals surface area contributed by atoms with Gasteiger partial charge in [-0.3, -0.25) is 4.79 Å². The number of hydrogen-bond acceptors (Lipinski definition) is 3. The van der Waals surface area contributed by atoms with E-state index in [1.165, 1.54) is 0 Å². The Kier molecular flexibility index (Phi) is 6.19. The summed E-state index contributed by atoms with van der Waals surface area (Å²) in [6.45, 7) is 3.30. The number of halogens is 1. The van der Waals surface area contributed by atoms with Gasteiger partial charge in [0, 0.05) is 28.8 Å². The van der Waals surface area contributed by atoms with Crippen LogP contribution in [0.15, 0.2) is 46.9 Å². The topological polar surface area (TPSA) is 64.9 Å². The van der Waals surface area contributed by atoms with Crippen LogP contribution in [0.4, 0.5) is 5.69 Å². The molecule has 0 saturated heterocycles. The zero-order valence-electron chi connectivity index (χ0n) is 12.9. The Morgan fingerprint density at radius 2 is 2.09 bits per heavy atom. The predicted octanol–water partition coefficient (Wildman–Crippen LogP) is 4.07. The Morgan fingerprint density at radius 1 is 1.26 bits per heavy atom. The highest BCUT2D eigenvalue weighted by molar-refractivity contribution is 9.10. The van der Waals surface area contributed by atoms with Gasteiger partial charge >= 0.3 is 0 Å². The molecule has 118 valence electrons. The Bertz CT molecular complexity index is 737. The number of hydrogen-bond donors (Lipinski definition) is 2. The zero-order chi connectivity index (χ0) is 16.7. The maximum atomic E-state index is 12.0. The maximum Gasteiger partial charge on any atom is 0.251 e. The first kappa shape index (κ1) is 17.0. The molecule has 0 saturated carbocycles. The van der Waals surface area contributed by atoms with Crippen molar-refractivity contribution in [1.29, 1.82) is 5.26 Å². The van der Waals surface area contributed by atoms with Crippen LogP contribution >= 0.6 is 15.9 Å². The van der Waals surface area contributed by atoms with Crippen molar-refractivity contribution >= 4 is 27.5 Å². The van der Waals surface area contributed by atoms with E-state index in [0.29, 0.717) is 24.2 Å². The Morgan fingerprint density at radius 3 is 2.78 bits per heavy atom. The van der Waals surface area contributed by atoms with E-state index in [4.69, 9.17) is 5.26 Å². The standard InChI is InChI=1S/C18H18BrN3O/c1-2-8-21-18(23)15-5-3-4-14(9-15)12-22-17-7-6-13(11-20)10-16(17)19/h3-7,9-10,22H,2,8,12H2,1H3,(H,21,23). The second-order valence-corrected chi connectivity index (χ2v) is 5.97. The minimum absolute atomic E-state index is 0.0479. The molecule has 0 aliphatic heterocycles. The zero-order valence-corrected chi connectivity index (χ0v) is 14.5. The molecule has 2 N–H and O–H groups in total. The first-order valence-electron chi connectivity index (χ1n) is 7.44. The van der Waals surface area contributed by atoms with E-state index in [-0.39, 0.29) is 5.91 Å². The van der Waals surface area contributed by atoms with Crippen LogP contribution in [0.5, 0.6) is 0 Å². The van der Waals surface area contributed by atoms with Gasteiger partial charge in [-0.2, -0.15) is 5.26 Å². The molecule has 0 fully saturated rings. The van der Waals surface area contributed by atoms with E-state index >= 15 is 0 Å². The summed E-state index contributed by atoms with van der Waals surface area (Å²) in [6.07, 6.45) is 0.916. The van der Waals surface area contributed by atoms with Gasteiger partial charge in [-0.1, -0.05) is 19.1 Å². The number of carbonyl (C=O) groups is 1. The molecule has 5 heteroatoms. The smallest absolute Gasteiger partial charge is 0.251 e. The van der Waals surface area contributed by atoms with Crippen molar-refractivity contribution in [3.63, 3.8) is 0 Å². The van der Waals surface area contributed by atoms with Gasteiger partial charge in [0.2, 0.25) is 0 Å². The third kappa shape index (κ3) is 4.83. The summed E-state index contributed by atoms with van der Waals surface area (Å²) in [5.41, 5.74) is 3.20. The number of carbonyl (C=O) groups excluding carboxylic acids is 1. The largest absolute Gasteiger partial charge is 0.380 e. The molecule has 0 aliphatic carbocycles. The van der Waals surface area contributed by atoms with Gasteiger partial charge in [0.25, 0.3) is 5.91 Å². The van der Waals surface area contributed by atoms with Crippen LogP contribution in [0.3, 0.4) is 0 Å². The van der Waals surface area contributed by atoms with Crippen molar-refractivity contribution in [1.82, 2.24) is 5.32 Å². The molecular weight excluding hydrogens is 354 g/mol. The molecule has 4 nitrogen and oxygen atoms in total. The lowest BCUT2D eigenvalue weighted by atomic mass is 10.1. The molecule has 0 bridgehead atoms. The van der Waals surface area contributed by atoms with Crippen LogP contribution in [0.1, 0.15) is 34.8 Å². The highest BCUT2D eigenvalue weighted by atomic mass is 79.9. The molecule has 2 aromatic rings. The van der Waals surface area contributed by atoms with E-state index < -0.39 is 0 Å². The lowest BCUT2D eigenvalue weighted by Crippen LogP contribution is -2.24. The van der Waals surface area contributed by atoms with Crippen LogP contribution in [0.25, 0.3) is 0 Å². The summed E-state index contributed by atoms with van der Waals surface area (Å²) in [5, 5.41) is 15.1. The molecule has 1 amide bonds. The fraction of sp³-hybridized carbons (Fsp3) is 0.222. The fourth-order valence-electron chi connectivity index (χ4n) is 2.09. The van der Waals surface area contributed by atoms with Gasteiger partial charge in [0.05, 0.1) is 11.6 Å². The third-order valence-electron chi connectivity index (χ3n) is 3.31. The molecule has 0 atom stereocenters. The van der Waals surface area contributed by atoms with Crippen LogP contribution in [0, 0.1) is 11.3 Å². The molecule has 0 heterocycles. The summed E-state index contributed by atoms with van der Waals surface area (Å²) in [7, 11) is 0. The van der Waals surface area contributed by atoms with Gasteiger partial charge in [-0.25, -0.2) is 0 Å². The number of nitrogens with zero attached hydrogens (tertiary/aromatic N) is 1. The average Bonchev–Trinajstić information content (AvgIpc) is 2.58. The molecular formula is C18H18BrN3O. The van der Waals surface area contributed by atoms with Crippen molar-refractivity contribution < 1.29 is 4.79 Å². The summed E-state index contributed by atoms with van der Waals surface area (Å²) in [6, 6.07) is 15.1. The highest BCUT2D eigenvalue weighted by Gasteiger charge is 2.06. The number of amides is 1. The monoisotopic (exact) mass is 371 g/mol. The van der Waals surface area contributed by atoms with Crippen molar-refractivity contribution in [3.8, 4) is 6.07 Å². The lowest BCUT2D eigenvalue weighted by molar-refractivity contribution is 0.0953. The number of benzene rings is 2. The second kappa shape index (κ2) is 8.35. The van der Waals surface area contributed by atoms with Crippen LogP contribution < -0.4 is 10.6 Å². The minimum Gasteiger partial charge on any atom is -0.380 e. The van der Waals surface area contributed by atoms with Gasteiger partial charge in [0.1, 0.15) is 0 Å². The van der Waals surface area contributed by atoms with Crippen molar-refractivity contribution in [2.24, 2.45) is 0 Å².